The first-order valence-corrected chi connectivity index (χ1v) is 10.5. The van der Waals surface area contributed by atoms with Gasteiger partial charge in [0.2, 0.25) is 0 Å². The van der Waals surface area contributed by atoms with Crippen molar-refractivity contribution in [1.82, 2.24) is 0 Å². The summed E-state index contributed by atoms with van der Waals surface area (Å²) in [6.07, 6.45) is 6.19. The zero-order valence-corrected chi connectivity index (χ0v) is 16.3. The maximum absolute atomic E-state index is 12.4. The van der Waals surface area contributed by atoms with Gasteiger partial charge in [-0.2, -0.15) is 8.42 Å². The Morgan fingerprint density at radius 3 is 1.92 bits per heavy atom. The molecule has 148 valence electrons. The lowest BCUT2D eigenvalue weighted by molar-refractivity contribution is -0.164. The van der Waals surface area contributed by atoms with E-state index in [9.17, 15) is 22.6 Å². The number of aliphatic carboxylic acids is 1. The van der Waals surface area contributed by atoms with E-state index in [0.717, 1.165) is 38.5 Å². The van der Waals surface area contributed by atoms with Gasteiger partial charge >= 0.3 is 11.9 Å². The van der Waals surface area contributed by atoms with E-state index in [0.29, 0.717) is 19.3 Å². The molecule has 7 nitrogen and oxygen atoms in total. The van der Waals surface area contributed by atoms with Crippen molar-refractivity contribution in [3.05, 3.63) is 0 Å². The molecule has 1 unspecified atom stereocenters. The Labute approximate surface area is 150 Å². The second-order valence-corrected chi connectivity index (χ2v) is 8.12. The van der Waals surface area contributed by atoms with Crippen LogP contribution in [-0.2, 0) is 24.4 Å². The highest BCUT2D eigenvalue weighted by Gasteiger charge is 2.40. The van der Waals surface area contributed by atoms with Crippen LogP contribution in [0.3, 0.4) is 0 Å². The molecule has 0 aliphatic carbocycles. The molecule has 0 aromatic heterocycles. The van der Waals surface area contributed by atoms with Gasteiger partial charge in [0.05, 0.1) is 6.42 Å². The topological polar surface area (TPSA) is 118 Å². The van der Waals surface area contributed by atoms with Gasteiger partial charge in [-0.1, -0.05) is 52.9 Å². The van der Waals surface area contributed by atoms with E-state index < -0.39 is 39.3 Å². The summed E-state index contributed by atoms with van der Waals surface area (Å²) in [5.41, 5.74) is -0.810. The standard InChI is InChI=1S/C17H32O7S/c1-4-7-8-9-12-17(10-5-2,11-6-3)24-16(20)14(13-15(18)19)25(21,22)23/h14H,4-13H2,1-3H3,(H,18,19)(H,21,22,23). The molecule has 2 N–H and O–H groups in total. The number of carbonyl (C=O) groups excluding carboxylic acids is 1. The Bertz CT molecular complexity index is 507. The van der Waals surface area contributed by atoms with Crippen molar-refractivity contribution in [3.63, 3.8) is 0 Å². The summed E-state index contributed by atoms with van der Waals surface area (Å²) in [5, 5.41) is 6.73. The highest BCUT2D eigenvalue weighted by Crippen LogP contribution is 2.32. The van der Waals surface area contributed by atoms with Crippen LogP contribution in [0, 0.1) is 0 Å². The van der Waals surface area contributed by atoms with Crippen LogP contribution in [0.1, 0.15) is 85.0 Å². The maximum Gasteiger partial charge on any atom is 0.328 e. The fraction of sp³-hybridized carbons (Fsp3) is 0.882. The lowest BCUT2D eigenvalue weighted by atomic mass is 9.86. The molecule has 0 saturated heterocycles. The van der Waals surface area contributed by atoms with Crippen LogP contribution >= 0.6 is 0 Å². The Kier molecular flexibility index (Phi) is 10.9. The van der Waals surface area contributed by atoms with Gasteiger partial charge in [-0.3, -0.25) is 14.1 Å². The van der Waals surface area contributed by atoms with Crippen molar-refractivity contribution < 1.29 is 32.4 Å². The van der Waals surface area contributed by atoms with E-state index in [4.69, 9.17) is 9.84 Å². The Morgan fingerprint density at radius 1 is 0.960 bits per heavy atom. The SMILES string of the molecule is CCCCCCC(CCC)(CCC)OC(=O)C(CC(=O)O)S(=O)(=O)O. The van der Waals surface area contributed by atoms with Crippen molar-refractivity contribution in [1.29, 1.82) is 0 Å². The number of ether oxygens (including phenoxy) is 1. The number of rotatable bonds is 14. The van der Waals surface area contributed by atoms with Gasteiger partial charge in [-0.05, 0) is 25.7 Å². The lowest BCUT2D eigenvalue weighted by Gasteiger charge is -2.34. The molecule has 0 aliphatic heterocycles. The van der Waals surface area contributed by atoms with Gasteiger partial charge in [0.25, 0.3) is 10.1 Å². The molecule has 8 heteroatoms. The summed E-state index contributed by atoms with van der Waals surface area (Å²) in [6.45, 7) is 5.98. The number of hydrogen-bond acceptors (Lipinski definition) is 5. The van der Waals surface area contributed by atoms with E-state index >= 15 is 0 Å². The molecule has 0 aliphatic rings. The molecule has 25 heavy (non-hydrogen) atoms. The monoisotopic (exact) mass is 380 g/mol. The zero-order valence-electron chi connectivity index (χ0n) is 15.5. The molecular weight excluding hydrogens is 348 g/mol. The number of hydrogen-bond donors (Lipinski definition) is 2. The van der Waals surface area contributed by atoms with Gasteiger partial charge in [-0.25, -0.2) is 0 Å². The molecule has 0 radical (unpaired) electrons. The largest absolute Gasteiger partial charge is 0.481 e. The van der Waals surface area contributed by atoms with Crippen LogP contribution < -0.4 is 0 Å². The molecule has 0 aromatic rings. The van der Waals surface area contributed by atoms with Crippen LogP contribution in [0.25, 0.3) is 0 Å². The molecule has 0 heterocycles. The minimum atomic E-state index is -4.85. The quantitative estimate of drug-likeness (QED) is 0.269. The van der Waals surface area contributed by atoms with Crippen LogP contribution in [-0.4, -0.2) is 40.9 Å². The van der Waals surface area contributed by atoms with E-state index in [1.807, 2.05) is 13.8 Å². The number of esters is 1. The second-order valence-electron chi connectivity index (χ2n) is 6.52. The predicted molar refractivity (Wildman–Crippen MR) is 95.0 cm³/mol. The third kappa shape index (κ3) is 9.21. The molecule has 0 fully saturated rings. The number of carbonyl (C=O) groups is 2. The highest BCUT2D eigenvalue weighted by molar-refractivity contribution is 7.87. The van der Waals surface area contributed by atoms with Gasteiger partial charge in [0, 0.05) is 0 Å². The molecule has 0 rings (SSSR count). The van der Waals surface area contributed by atoms with Crippen molar-refractivity contribution in [3.8, 4) is 0 Å². The third-order valence-electron chi connectivity index (χ3n) is 4.20. The van der Waals surface area contributed by atoms with E-state index in [-0.39, 0.29) is 0 Å². The predicted octanol–water partition coefficient (Wildman–Crippen LogP) is 3.57. The molecule has 0 saturated carbocycles. The fourth-order valence-electron chi connectivity index (χ4n) is 3.06. The van der Waals surface area contributed by atoms with Crippen molar-refractivity contribution >= 4 is 22.1 Å². The smallest absolute Gasteiger partial charge is 0.328 e. The summed E-state index contributed by atoms with van der Waals surface area (Å²) in [7, 11) is -4.85. The van der Waals surface area contributed by atoms with Gasteiger partial charge in [0.15, 0.2) is 5.25 Å². The van der Waals surface area contributed by atoms with Crippen molar-refractivity contribution in [2.75, 3.05) is 0 Å². The first kappa shape index (κ1) is 23.9. The third-order valence-corrected chi connectivity index (χ3v) is 5.27. The van der Waals surface area contributed by atoms with Crippen LogP contribution in [0.5, 0.6) is 0 Å². The van der Waals surface area contributed by atoms with Crippen molar-refractivity contribution in [2.24, 2.45) is 0 Å². The number of unbranched alkanes of at least 4 members (excludes halogenated alkanes) is 3. The fourth-order valence-corrected chi connectivity index (χ4v) is 3.71. The average molecular weight is 381 g/mol. The van der Waals surface area contributed by atoms with Crippen molar-refractivity contribution in [2.45, 2.75) is 95.8 Å². The number of carboxylic acid groups (broad SMARTS) is 1. The Morgan fingerprint density at radius 2 is 1.52 bits per heavy atom. The van der Waals surface area contributed by atoms with Crippen LogP contribution in [0.15, 0.2) is 0 Å². The Hall–Kier alpha value is -1.15. The Balaban J connectivity index is 5.34. The summed E-state index contributed by atoms with van der Waals surface area (Å²) in [6, 6.07) is 0. The van der Waals surface area contributed by atoms with E-state index in [1.165, 1.54) is 0 Å². The van der Waals surface area contributed by atoms with E-state index in [2.05, 4.69) is 6.92 Å². The lowest BCUT2D eigenvalue weighted by Crippen LogP contribution is -2.42. The van der Waals surface area contributed by atoms with Gasteiger partial charge in [-0.15, -0.1) is 0 Å². The molecular formula is C17H32O7S. The molecule has 1 atom stereocenters. The second kappa shape index (κ2) is 11.5. The zero-order chi connectivity index (χ0) is 19.5. The molecule has 0 spiro atoms. The average Bonchev–Trinajstić information content (AvgIpc) is 2.48. The minimum absolute atomic E-state index is 0.573. The first-order chi connectivity index (χ1) is 11.6. The summed E-state index contributed by atoms with van der Waals surface area (Å²) in [5.74, 6) is -2.67. The summed E-state index contributed by atoms with van der Waals surface area (Å²) >= 11 is 0. The molecule has 0 aromatic carbocycles. The van der Waals surface area contributed by atoms with E-state index in [1.54, 1.807) is 0 Å². The normalized spacial score (nSPS) is 13.4. The van der Waals surface area contributed by atoms with Crippen LogP contribution in [0.2, 0.25) is 0 Å². The minimum Gasteiger partial charge on any atom is -0.481 e. The number of carboxylic acids is 1. The summed E-state index contributed by atoms with van der Waals surface area (Å²) < 4.78 is 37.6. The molecule has 0 bridgehead atoms. The molecule has 0 amide bonds. The van der Waals surface area contributed by atoms with Crippen LogP contribution in [0.4, 0.5) is 0 Å². The first-order valence-electron chi connectivity index (χ1n) is 9.02. The van der Waals surface area contributed by atoms with Gasteiger partial charge in [0.1, 0.15) is 5.60 Å². The maximum atomic E-state index is 12.4. The highest BCUT2D eigenvalue weighted by atomic mass is 32.2. The summed E-state index contributed by atoms with van der Waals surface area (Å²) in [4.78, 5) is 23.2. The van der Waals surface area contributed by atoms with Gasteiger partial charge < -0.3 is 9.84 Å².